The second-order valence-corrected chi connectivity index (χ2v) is 5.07. The summed E-state index contributed by atoms with van der Waals surface area (Å²) in [6.07, 6.45) is 4.70. The van der Waals surface area contributed by atoms with E-state index in [4.69, 9.17) is 0 Å². The van der Waals surface area contributed by atoms with Crippen molar-refractivity contribution in [3.05, 3.63) is 47.5 Å². The topological polar surface area (TPSA) is 42.7 Å². The zero-order valence-corrected chi connectivity index (χ0v) is 12.0. The van der Waals surface area contributed by atoms with Gasteiger partial charge in [-0.15, -0.1) is 5.10 Å². The summed E-state index contributed by atoms with van der Waals surface area (Å²) in [6.45, 7) is 3.11. The van der Waals surface area contributed by atoms with Crippen LogP contribution in [0.25, 0.3) is 0 Å². The van der Waals surface area contributed by atoms with Gasteiger partial charge in [-0.2, -0.15) is 0 Å². The van der Waals surface area contributed by atoms with Gasteiger partial charge < -0.3 is 5.32 Å². The van der Waals surface area contributed by atoms with E-state index >= 15 is 0 Å². The average Bonchev–Trinajstić information content (AvgIpc) is 2.84. The van der Waals surface area contributed by atoms with Crippen molar-refractivity contribution in [2.45, 2.75) is 32.2 Å². The molecule has 2 aromatic rings. The summed E-state index contributed by atoms with van der Waals surface area (Å²) in [5.74, 6) is -0.194. The molecule has 0 radical (unpaired) electrons. The van der Waals surface area contributed by atoms with Gasteiger partial charge in [0.15, 0.2) is 0 Å². The third-order valence-electron chi connectivity index (χ3n) is 3.18. The van der Waals surface area contributed by atoms with Crippen LogP contribution >= 0.6 is 0 Å². The molecule has 0 aliphatic heterocycles. The van der Waals surface area contributed by atoms with Crippen molar-refractivity contribution in [3.63, 3.8) is 0 Å². The molecule has 5 heteroatoms. The highest BCUT2D eigenvalue weighted by atomic mass is 19.1. The summed E-state index contributed by atoms with van der Waals surface area (Å²) < 4.78 is 14.7. The lowest BCUT2D eigenvalue weighted by Crippen LogP contribution is -2.34. The fourth-order valence-corrected chi connectivity index (χ4v) is 2.21. The van der Waals surface area contributed by atoms with Crippen LogP contribution in [0.15, 0.2) is 30.5 Å². The van der Waals surface area contributed by atoms with Crippen LogP contribution in [0.1, 0.15) is 24.6 Å². The smallest absolute Gasteiger partial charge is 0.123 e. The Bertz CT molecular complexity index is 521. The lowest BCUT2D eigenvalue weighted by molar-refractivity contribution is 0.499. The second-order valence-electron chi connectivity index (χ2n) is 5.07. The molecule has 0 fully saturated rings. The van der Waals surface area contributed by atoms with Crippen molar-refractivity contribution in [1.82, 2.24) is 20.3 Å². The SMILES string of the molecule is CCCNC(Cc1ccc(F)cc1)Cc1cn(C)nn1. The van der Waals surface area contributed by atoms with E-state index in [0.29, 0.717) is 0 Å². The lowest BCUT2D eigenvalue weighted by Gasteiger charge is -2.17. The summed E-state index contributed by atoms with van der Waals surface area (Å²) in [5, 5.41) is 11.6. The minimum absolute atomic E-state index is 0.194. The summed E-state index contributed by atoms with van der Waals surface area (Å²) in [7, 11) is 1.87. The van der Waals surface area contributed by atoms with Crippen LogP contribution in [0.3, 0.4) is 0 Å². The predicted octanol–water partition coefficient (Wildman–Crippen LogP) is 2.11. The monoisotopic (exact) mass is 276 g/mol. The van der Waals surface area contributed by atoms with E-state index in [1.165, 1.54) is 12.1 Å². The average molecular weight is 276 g/mol. The standard InChI is InChI=1S/C15H21FN4/c1-3-8-17-14(10-15-11-20(2)19-18-15)9-12-4-6-13(16)7-5-12/h4-7,11,14,17H,3,8-10H2,1-2H3. The van der Waals surface area contributed by atoms with E-state index in [1.54, 1.807) is 4.68 Å². The number of benzene rings is 1. The minimum Gasteiger partial charge on any atom is -0.313 e. The Kier molecular flexibility index (Phi) is 5.24. The maximum Gasteiger partial charge on any atom is 0.123 e. The summed E-state index contributed by atoms with van der Waals surface area (Å²) >= 11 is 0. The quantitative estimate of drug-likeness (QED) is 0.842. The van der Waals surface area contributed by atoms with Gasteiger partial charge in [-0.1, -0.05) is 24.3 Å². The molecule has 1 heterocycles. The second kappa shape index (κ2) is 7.14. The number of nitrogens with one attached hydrogen (secondary N) is 1. The van der Waals surface area contributed by atoms with Crippen LogP contribution in [0.5, 0.6) is 0 Å². The Labute approximate surface area is 119 Å². The molecule has 0 bridgehead atoms. The van der Waals surface area contributed by atoms with Gasteiger partial charge >= 0.3 is 0 Å². The van der Waals surface area contributed by atoms with E-state index in [9.17, 15) is 4.39 Å². The van der Waals surface area contributed by atoms with Gasteiger partial charge in [0.2, 0.25) is 0 Å². The van der Waals surface area contributed by atoms with Crippen LogP contribution in [0.2, 0.25) is 0 Å². The molecule has 108 valence electrons. The molecule has 4 nitrogen and oxygen atoms in total. The zero-order chi connectivity index (χ0) is 14.4. The molecular formula is C15H21FN4. The maximum absolute atomic E-state index is 12.9. The van der Waals surface area contributed by atoms with Gasteiger partial charge in [0.05, 0.1) is 5.69 Å². The van der Waals surface area contributed by atoms with E-state index in [-0.39, 0.29) is 11.9 Å². The molecule has 0 saturated carbocycles. The first-order chi connectivity index (χ1) is 9.67. The number of aromatic nitrogens is 3. The van der Waals surface area contributed by atoms with Gasteiger partial charge in [-0.25, -0.2) is 4.39 Å². The molecule has 0 spiro atoms. The van der Waals surface area contributed by atoms with Crippen LogP contribution in [0.4, 0.5) is 4.39 Å². The third kappa shape index (κ3) is 4.42. The van der Waals surface area contributed by atoms with Crippen molar-refractivity contribution in [2.75, 3.05) is 6.54 Å². The fraction of sp³-hybridized carbons (Fsp3) is 0.467. The number of rotatable bonds is 7. The largest absolute Gasteiger partial charge is 0.313 e. The molecule has 0 aliphatic carbocycles. The molecule has 0 aliphatic rings. The van der Waals surface area contributed by atoms with E-state index < -0.39 is 0 Å². The zero-order valence-electron chi connectivity index (χ0n) is 12.0. The molecule has 1 unspecified atom stereocenters. The Morgan fingerprint density at radius 3 is 2.60 bits per heavy atom. The van der Waals surface area contributed by atoms with Crippen LogP contribution < -0.4 is 5.32 Å². The minimum atomic E-state index is -0.194. The molecule has 0 saturated heterocycles. The third-order valence-corrected chi connectivity index (χ3v) is 3.18. The van der Waals surface area contributed by atoms with Crippen molar-refractivity contribution >= 4 is 0 Å². The van der Waals surface area contributed by atoms with E-state index in [2.05, 4.69) is 22.6 Å². The van der Waals surface area contributed by atoms with Crippen molar-refractivity contribution in [3.8, 4) is 0 Å². The first-order valence-corrected chi connectivity index (χ1v) is 7.00. The molecule has 1 aromatic heterocycles. The van der Waals surface area contributed by atoms with Crippen LogP contribution in [0, 0.1) is 5.82 Å². The number of hydrogen-bond acceptors (Lipinski definition) is 3. The van der Waals surface area contributed by atoms with Gasteiger partial charge in [-0.05, 0) is 37.1 Å². The Morgan fingerprint density at radius 1 is 1.25 bits per heavy atom. The lowest BCUT2D eigenvalue weighted by atomic mass is 10.0. The van der Waals surface area contributed by atoms with Crippen molar-refractivity contribution < 1.29 is 4.39 Å². The number of halogens is 1. The molecule has 1 atom stereocenters. The Balaban J connectivity index is 2.00. The molecule has 2 rings (SSSR count). The highest BCUT2D eigenvalue weighted by Crippen LogP contribution is 2.09. The van der Waals surface area contributed by atoms with Crippen LogP contribution in [-0.2, 0) is 19.9 Å². The van der Waals surface area contributed by atoms with Crippen LogP contribution in [-0.4, -0.2) is 27.6 Å². The Hall–Kier alpha value is -1.75. The number of nitrogens with zero attached hydrogens (tertiary/aromatic N) is 3. The van der Waals surface area contributed by atoms with E-state index in [1.807, 2.05) is 25.4 Å². The summed E-state index contributed by atoms with van der Waals surface area (Å²) in [4.78, 5) is 0. The fourth-order valence-electron chi connectivity index (χ4n) is 2.21. The first kappa shape index (κ1) is 14.7. The molecule has 1 N–H and O–H groups in total. The van der Waals surface area contributed by atoms with Gasteiger partial charge in [0, 0.05) is 25.7 Å². The van der Waals surface area contributed by atoms with E-state index in [0.717, 1.165) is 37.1 Å². The molecule has 20 heavy (non-hydrogen) atoms. The normalized spacial score (nSPS) is 12.6. The molecular weight excluding hydrogens is 255 g/mol. The molecule has 0 amide bonds. The first-order valence-electron chi connectivity index (χ1n) is 7.00. The number of aryl methyl sites for hydroxylation is 1. The van der Waals surface area contributed by atoms with Crippen molar-refractivity contribution in [2.24, 2.45) is 7.05 Å². The maximum atomic E-state index is 12.9. The highest BCUT2D eigenvalue weighted by molar-refractivity contribution is 5.17. The van der Waals surface area contributed by atoms with Gasteiger partial charge in [0.1, 0.15) is 5.82 Å². The Morgan fingerprint density at radius 2 is 2.00 bits per heavy atom. The number of hydrogen-bond donors (Lipinski definition) is 1. The van der Waals surface area contributed by atoms with Gasteiger partial charge in [0.25, 0.3) is 0 Å². The molecule has 1 aromatic carbocycles. The van der Waals surface area contributed by atoms with Gasteiger partial charge in [-0.3, -0.25) is 4.68 Å². The highest BCUT2D eigenvalue weighted by Gasteiger charge is 2.12. The summed E-state index contributed by atoms with van der Waals surface area (Å²) in [5.41, 5.74) is 2.10. The predicted molar refractivity (Wildman–Crippen MR) is 76.9 cm³/mol. The summed E-state index contributed by atoms with van der Waals surface area (Å²) in [6, 6.07) is 6.99. The van der Waals surface area contributed by atoms with Crippen molar-refractivity contribution in [1.29, 1.82) is 0 Å².